The lowest BCUT2D eigenvalue weighted by Gasteiger charge is -2.20. The Balaban J connectivity index is 2.13. The Kier molecular flexibility index (Phi) is 4.10. The molecule has 0 radical (unpaired) electrons. The van der Waals surface area contributed by atoms with Crippen LogP contribution in [0.25, 0.3) is 10.8 Å². The van der Waals surface area contributed by atoms with E-state index >= 15 is 0 Å². The summed E-state index contributed by atoms with van der Waals surface area (Å²) in [4.78, 5) is 25.4. The summed E-state index contributed by atoms with van der Waals surface area (Å²) in [6, 6.07) is 15.6. The van der Waals surface area contributed by atoms with Crippen LogP contribution in [0, 0.1) is 0 Å². The van der Waals surface area contributed by atoms with Crippen molar-refractivity contribution in [3.8, 4) is 5.75 Å². The molecule has 6 heteroatoms. The van der Waals surface area contributed by atoms with Gasteiger partial charge in [-0.25, -0.2) is 9.69 Å². The first-order valence-electron chi connectivity index (χ1n) is 7.09. The van der Waals surface area contributed by atoms with E-state index in [1.54, 1.807) is 24.3 Å². The molecule has 0 aromatic heterocycles. The summed E-state index contributed by atoms with van der Waals surface area (Å²) < 4.78 is 0. The molecule has 3 N–H and O–H groups in total. The van der Waals surface area contributed by atoms with Gasteiger partial charge in [-0.2, -0.15) is 0 Å². The Bertz CT molecular complexity index is 956. The normalized spacial score (nSPS) is 10.5. The van der Waals surface area contributed by atoms with Gasteiger partial charge >= 0.3 is 6.03 Å². The topological polar surface area (TPSA) is 83.6 Å². The zero-order valence-electron chi connectivity index (χ0n) is 12.4. The van der Waals surface area contributed by atoms with E-state index in [9.17, 15) is 14.7 Å². The smallest absolute Gasteiger partial charge is 0.326 e. The van der Waals surface area contributed by atoms with Crippen molar-refractivity contribution in [3.63, 3.8) is 0 Å². The van der Waals surface area contributed by atoms with Crippen LogP contribution in [0.5, 0.6) is 5.75 Å². The van der Waals surface area contributed by atoms with Crippen molar-refractivity contribution >= 4 is 40.0 Å². The van der Waals surface area contributed by atoms with Crippen molar-refractivity contribution in [3.05, 3.63) is 71.2 Å². The monoisotopic (exact) mass is 340 g/mol. The van der Waals surface area contributed by atoms with E-state index in [1.165, 1.54) is 18.2 Å². The van der Waals surface area contributed by atoms with E-state index in [0.29, 0.717) is 0 Å². The second kappa shape index (κ2) is 6.22. The molecule has 0 saturated heterocycles. The Hall–Kier alpha value is -3.05. The van der Waals surface area contributed by atoms with E-state index < -0.39 is 11.9 Å². The van der Waals surface area contributed by atoms with Crippen molar-refractivity contribution in [1.82, 2.24) is 0 Å². The van der Waals surface area contributed by atoms with Crippen LogP contribution in [-0.4, -0.2) is 17.0 Å². The number of rotatable bonds is 2. The number of benzene rings is 3. The molecule has 0 atom stereocenters. The molecule has 3 aromatic rings. The molecule has 0 fully saturated rings. The van der Waals surface area contributed by atoms with Gasteiger partial charge in [0.1, 0.15) is 5.75 Å². The summed E-state index contributed by atoms with van der Waals surface area (Å²) in [5, 5.41) is 11.9. The van der Waals surface area contributed by atoms with Gasteiger partial charge in [0, 0.05) is 0 Å². The van der Waals surface area contributed by atoms with Gasteiger partial charge in [-0.15, -0.1) is 0 Å². The first-order chi connectivity index (χ1) is 11.5. The number of hydrogen-bond donors (Lipinski definition) is 2. The highest BCUT2D eigenvalue weighted by molar-refractivity contribution is 6.35. The number of phenols is 1. The van der Waals surface area contributed by atoms with Gasteiger partial charge in [-0.3, -0.25) is 4.79 Å². The third-order valence-electron chi connectivity index (χ3n) is 3.61. The molecule has 0 unspecified atom stereocenters. The summed E-state index contributed by atoms with van der Waals surface area (Å²) in [7, 11) is 0. The van der Waals surface area contributed by atoms with Crippen LogP contribution < -0.4 is 10.6 Å². The van der Waals surface area contributed by atoms with Crippen molar-refractivity contribution in [2.75, 3.05) is 4.90 Å². The molecule has 0 aliphatic heterocycles. The van der Waals surface area contributed by atoms with E-state index in [-0.39, 0.29) is 22.0 Å². The van der Waals surface area contributed by atoms with Crippen LogP contribution in [0.15, 0.2) is 60.7 Å². The maximum atomic E-state index is 12.8. The summed E-state index contributed by atoms with van der Waals surface area (Å²) in [5.41, 5.74) is 5.49. The molecule has 0 heterocycles. The maximum Gasteiger partial charge on any atom is 0.326 e. The fourth-order valence-electron chi connectivity index (χ4n) is 2.48. The molecular formula is C18H13ClN2O3. The number of carbonyl (C=O) groups excluding carboxylic acids is 2. The van der Waals surface area contributed by atoms with Crippen LogP contribution in [0.4, 0.5) is 10.5 Å². The number of para-hydroxylation sites is 1. The Morgan fingerprint density at radius 1 is 0.958 bits per heavy atom. The number of urea groups is 1. The van der Waals surface area contributed by atoms with Gasteiger partial charge in [0.15, 0.2) is 0 Å². The lowest BCUT2D eigenvalue weighted by Crippen LogP contribution is -2.41. The lowest BCUT2D eigenvalue weighted by molar-refractivity contribution is 0.0993. The molecule has 120 valence electrons. The molecule has 3 amide bonds. The molecule has 0 bridgehead atoms. The maximum absolute atomic E-state index is 12.8. The van der Waals surface area contributed by atoms with Gasteiger partial charge < -0.3 is 10.8 Å². The van der Waals surface area contributed by atoms with Crippen LogP contribution in [-0.2, 0) is 0 Å². The number of imide groups is 1. The average Bonchev–Trinajstić information content (AvgIpc) is 2.55. The average molecular weight is 341 g/mol. The minimum atomic E-state index is -0.986. The number of aromatic hydroxyl groups is 1. The van der Waals surface area contributed by atoms with E-state index in [0.717, 1.165) is 15.7 Å². The first-order valence-corrected chi connectivity index (χ1v) is 7.47. The lowest BCUT2D eigenvalue weighted by atomic mass is 10.0. The van der Waals surface area contributed by atoms with E-state index in [4.69, 9.17) is 17.3 Å². The number of nitrogens with zero attached hydrogens (tertiary/aromatic N) is 1. The van der Waals surface area contributed by atoms with E-state index in [2.05, 4.69) is 0 Å². The molecule has 24 heavy (non-hydrogen) atoms. The second-order valence-corrected chi connectivity index (χ2v) is 5.55. The second-order valence-electron chi connectivity index (χ2n) is 5.15. The molecule has 0 aliphatic rings. The third-order valence-corrected chi connectivity index (χ3v) is 3.93. The molecule has 3 aromatic carbocycles. The van der Waals surface area contributed by atoms with Crippen molar-refractivity contribution in [2.45, 2.75) is 0 Å². The Morgan fingerprint density at radius 2 is 1.54 bits per heavy atom. The highest BCUT2D eigenvalue weighted by atomic mass is 35.5. The summed E-state index contributed by atoms with van der Waals surface area (Å²) in [6.07, 6.45) is 0. The van der Waals surface area contributed by atoms with Gasteiger partial charge in [-0.1, -0.05) is 48.0 Å². The van der Waals surface area contributed by atoms with Gasteiger partial charge in [0.05, 0.1) is 16.3 Å². The molecule has 3 rings (SSSR count). The van der Waals surface area contributed by atoms with Crippen molar-refractivity contribution in [1.29, 1.82) is 0 Å². The fraction of sp³-hybridized carbons (Fsp3) is 0. The van der Waals surface area contributed by atoms with E-state index in [1.807, 2.05) is 18.2 Å². The quantitative estimate of drug-likeness (QED) is 0.741. The van der Waals surface area contributed by atoms with Gasteiger partial charge in [0.25, 0.3) is 5.91 Å². The number of primary amides is 1. The fourth-order valence-corrected chi connectivity index (χ4v) is 2.70. The number of anilines is 1. The van der Waals surface area contributed by atoms with Gasteiger partial charge in [-0.05, 0) is 35.0 Å². The summed E-state index contributed by atoms with van der Waals surface area (Å²) >= 11 is 6.07. The number of phenolic OH excluding ortho intramolecular Hbond substituents is 1. The zero-order valence-corrected chi connectivity index (χ0v) is 13.2. The highest BCUT2D eigenvalue weighted by Crippen LogP contribution is 2.30. The minimum Gasteiger partial charge on any atom is -0.507 e. The molecule has 0 spiro atoms. The number of halogens is 1. The number of carbonyl (C=O) groups is 2. The highest BCUT2D eigenvalue weighted by Gasteiger charge is 2.26. The number of amides is 3. The Morgan fingerprint density at radius 3 is 2.17 bits per heavy atom. The Labute approximate surface area is 142 Å². The summed E-state index contributed by atoms with van der Waals surface area (Å²) in [6.45, 7) is 0. The molecule has 0 aliphatic carbocycles. The number of hydrogen-bond acceptors (Lipinski definition) is 3. The first kappa shape index (κ1) is 15.8. The predicted octanol–water partition coefficient (Wildman–Crippen LogP) is 3.92. The number of nitrogens with two attached hydrogens (primary N) is 1. The molecule has 5 nitrogen and oxygen atoms in total. The van der Waals surface area contributed by atoms with Crippen LogP contribution in [0.2, 0.25) is 5.02 Å². The van der Waals surface area contributed by atoms with Gasteiger partial charge in [0.2, 0.25) is 0 Å². The number of fused-ring (bicyclic) bond motifs is 1. The van der Waals surface area contributed by atoms with Crippen LogP contribution in [0.3, 0.4) is 0 Å². The zero-order chi connectivity index (χ0) is 17.3. The minimum absolute atomic E-state index is 0.0348. The van der Waals surface area contributed by atoms with Crippen molar-refractivity contribution < 1.29 is 14.7 Å². The van der Waals surface area contributed by atoms with Crippen LogP contribution in [0.1, 0.15) is 10.4 Å². The SMILES string of the molecule is NC(=O)N(C(=O)c1cc2ccccc2cc1O)c1ccccc1Cl. The standard InChI is InChI=1S/C18H13ClN2O3/c19-14-7-3-4-8-15(14)21(18(20)24)17(23)13-9-11-5-1-2-6-12(11)10-16(13)22/h1-10,22H,(H2,20,24). The molecule has 0 saturated carbocycles. The van der Waals surface area contributed by atoms with Crippen molar-refractivity contribution in [2.24, 2.45) is 5.73 Å². The predicted molar refractivity (Wildman–Crippen MR) is 93.5 cm³/mol. The largest absolute Gasteiger partial charge is 0.507 e. The van der Waals surface area contributed by atoms with Crippen LogP contribution >= 0.6 is 11.6 Å². The summed E-state index contributed by atoms with van der Waals surface area (Å²) in [5.74, 6) is -0.990. The molecular weight excluding hydrogens is 328 g/mol. The third kappa shape index (κ3) is 2.77.